The number of methoxy groups -OCH3 is 2. The van der Waals surface area contributed by atoms with Gasteiger partial charge in [-0.05, 0) is 59.8 Å². The summed E-state index contributed by atoms with van der Waals surface area (Å²) in [6.07, 6.45) is 1.80. The van der Waals surface area contributed by atoms with Crippen LogP contribution < -0.4 is 9.47 Å². The fourth-order valence-electron chi connectivity index (χ4n) is 2.34. The van der Waals surface area contributed by atoms with E-state index in [1.165, 1.54) is 16.7 Å². The molecule has 2 aromatic rings. The Hall–Kier alpha value is -2.44. The topological polar surface area (TPSA) is 51.1 Å². The standard InChI is InChI=1S/C19H17ClN2O3S/c1-22-18(23)17(11-12-4-9-16(25-3)15(20)10-12)26-19(22)21-13-5-7-14(24-2)8-6-13/h4-11H,1-3H3/b17-11-,21-19?. The zero-order valence-electron chi connectivity index (χ0n) is 14.5. The number of rotatable bonds is 4. The van der Waals surface area contributed by atoms with Gasteiger partial charge in [0.1, 0.15) is 11.5 Å². The lowest BCUT2D eigenvalue weighted by Crippen LogP contribution is -2.23. The van der Waals surface area contributed by atoms with Crippen molar-refractivity contribution in [1.82, 2.24) is 4.90 Å². The van der Waals surface area contributed by atoms with Gasteiger partial charge in [0.25, 0.3) is 5.91 Å². The molecule has 0 bridgehead atoms. The number of carbonyl (C=O) groups is 1. The van der Waals surface area contributed by atoms with Gasteiger partial charge in [0.15, 0.2) is 5.17 Å². The molecule has 3 rings (SSSR count). The predicted octanol–water partition coefficient (Wildman–Crippen LogP) is 4.59. The van der Waals surface area contributed by atoms with E-state index in [9.17, 15) is 4.79 Å². The van der Waals surface area contributed by atoms with Gasteiger partial charge in [0.2, 0.25) is 0 Å². The van der Waals surface area contributed by atoms with Gasteiger partial charge in [0.05, 0.1) is 29.8 Å². The van der Waals surface area contributed by atoms with Crippen molar-refractivity contribution < 1.29 is 14.3 Å². The van der Waals surface area contributed by atoms with E-state index in [-0.39, 0.29) is 5.91 Å². The Morgan fingerprint density at radius 1 is 1.12 bits per heavy atom. The van der Waals surface area contributed by atoms with Crippen LogP contribution in [0.4, 0.5) is 5.69 Å². The second-order valence-electron chi connectivity index (χ2n) is 5.46. The lowest BCUT2D eigenvalue weighted by atomic mass is 10.2. The summed E-state index contributed by atoms with van der Waals surface area (Å²) in [6.45, 7) is 0. The molecule has 1 heterocycles. The van der Waals surface area contributed by atoms with Crippen LogP contribution in [0.25, 0.3) is 6.08 Å². The minimum absolute atomic E-state index is 0.103. The molecule has 1 amide bonds. The summed E-state index contributed by atoms with van der Waals surface area (Å²) in [5.74, 6) is 1.25. The third-order valence-electron chi connectivity index (χ3n) is 3.77. The summed E-state index contributed by atoms with van der Waals surface area (Å²) in [7, 11) is 4.88. The number of halogens is 1. The molecule has 1 aliphatic heterocycles. The van der Waals surface area contributed by atoms with Crippen LogP contribution in [0.15, 0.2) is 52.4 Å². The highest BCUT2D eigenvalue weighted by Gasteiger charge is 2.30. The molecule has 1 fully saturated rings. The summed E-state index contributed by atoms with van der Waals surface area (Å²) >= 11 is 7.47. The number of amides is 1. The van der Waals surface area contributed by atoms with Gasteiger partial charge in [-0.2, -0.15) is 0 Å². The van der Waals surface area contributed by atoms with Crippen LogP contribution in [0.3, 0.4) is 0 Å². The minimum Gasteiger partial charge on any atom is -0.497 e. The Balaban J connectivity index is 1.85. The number of benzene rings is 2. The highest BCUT2D eigenvalue weighted by molar-refractivity contribution is 8.18. The average molecular weight is 389 g/mol. The van der Waals surface area contributed by atoms with Crippen molar-refractivity contribution in [2.24, 2.45) is 4.99 Å². The summed E-state index contributed by atoms with van der Waals surface area (Å²) in [5.41, 5.74) is 1.58. The number of hydrogen-bond donors (Lipinski definition) is 0. The summed E-state index contributed by atoms with van der Waals surface area (Å²) in [4.78, 5) is 19.2. The second kappa shape index (κ2) is 7.85. The van der Waals surface area contributed by atoms with E-state index in [0.717, 1.165) is 17.0 Å². The van der Waals surface area contributed by atoms with Gasteiger partial charge < -0.3 is 9.47 Å². The Bertz CT molecular complexity index is 894. The van der Waals surface area contributed by atoms with Crippen molar-refractivity contribution in [1.29, 1.82) is 0 Å². The molecule has 26 heavy (non-hydrogen) atoms. The third kappa shape index (κ3) is 3.86. The van der Waals surface area contributed by atoms with Gasteiger partial charge in [-0.25, -0.2) is 4.99 Å². The molecule has 1 aliphatic rings. The Morgan fingerprint density at radius 3 is 2.46 bits per heavy atom. The molecule has 0 saturated carbocycles. The summed E-state index contributed by atoms with van der Waals surface area (Å²) in [6, 6.07) is 12.7. The Kier molecular flexibility index (Phi) is 5.54. The van der Waals surface area contributed by atoms with E-state index in [4.69, 9.17) is 21.1 Å². The highest BCUT2D eigenvalue weighted by atomic mass is 35.5. The average Bonchev–Trinajstić information content (AvgIpc) is 2.90. The summed E-state index contributed by atoms with van der Waals surface area (Å²) < 4.78 is 10.3. The van der Waals surface area contributed by atoms with Crippen molar-refractivity contribution in [3.63, 3.8) is 0 Å². The number of hydrogen-bond acceptors (Lipinski definition) is 5. The fourth-order valence-corrected chi connectivity index (χ4v) is 3.60. The number of amidine groups is 1. The van der Waals surface area contributed by atoms with Crippen LogP contribution in [0, 0.1) is 0 Å². The smallest absolute Gasteiger partial charge is 0.266 e. The van der Waals surface area contributed by atoms with E-state index in [2.05, 4.69) is 4.99 Å². The molecule has 0 aliphatic carbocycles. The predicted molar refractivity (Wildman–Crippen MR) is 106 cm³/mol. The third-order valence-corrected chi connectivity index (χ3v) is 5.13. The van der Waals surface area contributed by atoms with Gasteiger partial charge >= 0.3 is 0 Å². The lowest BCUT2D eigenvalue weighted by molar-refractivity contribution is -0.121. The van der Waals surface area contributed by atoms with E-state index in [0.29, 0.717) is 20.8 Å². The van der Waals surface area contributed by atoms with Crippen molar-refractivity contribution in [2.75, 3.05) is 21.3 Å². The molecule has 5 nitrogen and oxygen atoms in total. The van der Waals surface area contributed by atoms with Gasteiger partial charge in [-0.15, -0.1) is 0 Å². The number of carbonyl (C=O) groups excluding carboxylic acids is 1. The van der Waals surface area contributed by atoms with Crippen LogP contribution in [0.2, 0.25) is 5.02 Å². The first-order chi connectivity index (χ1) is 12.5. The quantitative estimate of drug-likeness (QED) is 0.719. The maximum absolute atomic E-state index is 12.5. The first kappa shape index (κ1) is 18.4. The molecule has 0 radical (unpaired) electrons. The first-order valence-corrected chi connectivity index (χ1v) is 8.95. The number of ether oxygens (including phenoxy) is 2. The molecule has 0 N–H and O–H groups in total. The van der Waals surface area contributed by atoms with E-state index >= 15 is 0 Å². The highest BCUT2D eigenvalue weighted by Crippen LogP contribution is 2.34. The van der Waals surface area contributed by atoms with E-state index < -0.39 is 0 Å². The van der Waals surface area contributed by atoms with Crippen LogP contribution >= 0.6 is 23.4 Å². The normalized spacial score (nSPS) is 17.2. The molecule has 0 spiro atoms. The summed E-state index contributed by atoms with van der Waals surface area (Å²) in [5, 5.41) is 1.11. The molecular weight excluding hydrogens is 372 g/mol. The van der Waals surface area contributed by atoms with Gasteiger partial charge in [0, 0.05) is 7.05 Å². The van der Waals surface area contributed by atoms with Crippen molar-refractivity contribution >= 4 is 46.2 Å². The number of likely N-dealkylation sites (N-methyl/N-ethyl adjacent to an activating group) is 1. The SMILES string of the molecule is COc1ccc(N=C2S/C(=C\c3ccc(OC)c(Cl)c3)C(=O)N2C)cc1. The van der Waals surface area contributed by atoms with Crippen molar-refractivity contribution in [3.8, 4) is 11.5 Å². The Morgan fingerprint density at radius 2 is 1.85 bits per heavy atom. The molecular formula is C19H17ClN2O3S. The molecule has 0 atom stereocenters. The number of thioether (sulfide) groups is 1. The molecule has 1 saturated heterocycles. The van der Waals surface area contributed by atoms with Gasteiger partial charge in [-0.1, -0.05) is 17.7 Å². The fraction of sp³-hybridized carbons (Fsp3) is 0.158. The zero-order valence-corrected chi connectivity index (χ0v) is 16.1. The van der Waals surface area contributed by atoms with Gasteiger partial charge in [-0.3, -0.25) is 9.69 Å². The molecule has 2 aromatic carbocycles. The zero-order chi connectivity index (χ0) is 18.7. The van der Waals surface area contributed by atoms with E-state index in [1.54, 1.807) is 39.5 Å². The van der Waals surface area contributed by atoms with Crippen LogP contribution in [-0.4, -0.2) is 37.2 Å². The Labute approximate surface area is 161 Å². The van der Waals surface area contributed by atoms with Crippen LogP contribution in [0.5, 0.6) is 11.5 Å². The largest absolute Gasteiger partial charge is 0.497 e. The maximum atomic E-state index is 12.5. The molecule has 7 heteroatoms. The number of aliphatic imine (C=N–C) groups is 1. The van der Waals surface area contributed by atoms with Crippen molar-refractivity contribution in [3.05, 3.63) is 58.0 Å². The second-order valence-corrected chi connectivity index (χ2v) is 6.88. The molecule has 134 valence electrons. The number of nitrogens with zero attached hydrogens (tertiary/aromatic N) is 2. The van der Waals surface area contributed by atoms with Crippen LogP contribution in [0.1, 0.15) is 5.56 Å². The maximum Gasteiger partial charge on any atom is 0.266 e. The first-order valence-electron chi connectivity index (χ1n) is 7.75. The minimum atomic E-state index is -0.103. The van der Waals surface area contributed by atoms with Crippen molar-refractivity contribution in [2.45, 2.75) is 0 Å². The molecule has 0 aromatic heterocycles. The molecule has 0 unspecified atom stereocenters. The van der Waals surface area contributed by atoms with E-state index in [1.807, 2.05) is 30.3 Å². The lowest BCUT2D eigenvalue weighted by Gasteiger charge is -2.07. The van der Waals surface area contributed by atoms with Crippen LogP contribution in [-0.2, 0) is 4.79 Å². The monoisotopic (exact) mass is 388 g/mol.